The molecule has 0 radical (unpaired) electrons. The summed E-state index contributed by atoms with van der Waals surface area (Å²) in [5, 5.41) is 14.4. The number of thioether (sulfide) groups is 1. The summed E-state index contributed by atoms with van der Waals surface area (Å²) in [6.45, 7) is 13.1. The Morgan fingerprint density at radius 3 is 2.13 bits per heavy atom. The van der Waals surface area contributed by atoms with Crippen molar-refractivity contribution in [3.63, 3.8) is 0 Å². The van der Waals surface area contributed by atoms with Crippen LogP contribution in [0, 0.1) is 0 Å². The molecule has 4 heterocycles. The molecular formula is C39H48N4O10S2. The van der Waals surface area contributed by atoms with Gasteiger partial charge in [0.25, 0.3) is 11.8 Å². The molecule has 6 rings (SSSR count). The molecule has 0 saturated carbocycles. The van der Waals surface area contributed by atoms with Gasteiger partial charge in [-0.3, -0.25) is 14.4 Å². The maximum atomic E-state index is 13.8. The Kier molecular flexibility index (Phi) is 12.2. The van der Waals surface area contributed by atoms with Crippen molar-refractivity contribution in [2.75, 3.05) is 63.1 Å². The SMILES string of the molecule is C=C1CC2C(=O)Nc3cc(OCCCCCOc4cc5c(cc4OC)C(=O)N4CC(=C)C[C@H]4[C@H](O)N5C(=O)OCCSC(C)(C)S)c(OC)cc3C(=O)N2C1. The van der Waals surface area contributed by atoms with E-state index in [4.69, 9.17) is 23.7 Å². The van der Waals surface area contributed by atoms with Crippen LogP contribution in [0.25, 0.3) is 0 Å². The zero-order valence-corrected chi connectivity index (χ0v) is 33.3. The van der Waals surface area contributed by atoms with Crippen molar-refractivity contribution in [3.8, 4) is 23.0 Å². The number of hydrogen-bond acceptors (Lipinski definition) is 12. The van der Waals surface area contributed by atoms with Gasteiger partial charge in [0.05, 0.1) is 60.1 Å². The van der Waals surface area contributed by atoms with Gasteiger partial charge in [0.2, 0.25) is 5.91 Å². The number of hydrogen-bond donors (Lipinski definition) is 3. The fraction of sp³-hybridized carbons (Fsp3) is 0.487. The van der Waals surface area contributed by atoms with Gasteiger partial charge < -0.3 is 43.9 Å². The molecule has 4 amide bonds. The fourth-order valence-corrected chi connectivity index (χ4v) is 8.09. The van der Waals surface area contributed by atoms with Crippen molar-refractivity contribution in [3.05, 3.63) is 59.7 Å². The Bertz CT molecular complexity index is 1880. The molecule has 2 fully saturated rings. The van der Waals surface area contributed by atoms with E-state index in [1.54, 1.807) is 12.1 Å². The van der Waals surface area contributed by atoms with Crippen LogP contribution in [0.3, 0.4) is 0 Å². The average molecular weight is 797 g/mol. The first-order valence-electron chi connectivity index (χ1n) is 18.2. The average Bonchev–Trinajstić information content (AvgIpc) is 3.70. The smallest absolute Gasteiger partial charge is 0.416 e. The minimum absolute atomic E-state index is 0.0791. The third-order valence-electron chi connectivity index (χ3n) is 9.81. The normalized spacial score (nSPS) is 20.6. The van der Waals surface area contributed by atoms with Crippen molar-refractivity contribution >= 4 is 59.6 Å². The van der Waals surface area contributed by atoms with Crippen LogP contribution >= 0.6 is 24.4 Å². The number of thiol groups is 1. The summed E-state index contributed by atoms with van der Waals surface area (Å²) >= 11 is 6.02. The third-order valence-corrected chi connectivity index (χ3v) is 11.3. The van der Waals surface area contributed by atoms with Gasteiger partial charge >= 0.3 is 6.09 Å². The zero-order valence-electron chi connectivity index (χ0n) is 31.6. The molecule has 16 heteroatoms. The van der Waals surface area contributed by atoms with E-state index in [1.165, 1.54) is 47.9 Å². The standard InChI is InChI=1S/C39H48N4O10S2/c1-22-14-28-34(44)40-26-18-32(30(49-5)16-24(26)35(45)41(28)20-22)51-10-8-7-9-11-52-33-19-27-25(17-31(33)50-6)36(46)42-21-23(2)15-29(42)37(47)43(27)38(48)53-12-13-55-39(3,4)54/h16-19,28-29,37,47,54H,1-2,7-15,20-21H2,3-6H3,(H,40,44)/t28?,29-,37-/m0/s1. The Morgan fingerprint density at radius 1 is 0.873 bits per heavy atom. The number of benzene rings is 2. The number of nitrogens with zero attached hydrogens (tertiary/aromatic N) is 3. The van der Waals surface area contributed by atoms with Crippen molar-refractivity contribution in [1.29, 1.82) is 0 Å². The summed E-state index contributed by atoms with van der Waals surface area (Å²) in [6, 6.07) is 4.99. The number of unbranched alkanes of at least 4 members (excludes halogenated alkanes) is 2. The summed E-state index contributed by atoms with van der Waals surface area (Å²) in [5.41, 5.74) is 2.64. The third kappa shape index (κ3) is 8.65. The maximum Gasteiger partial charge on any atom is 0.416 e. The van der Waals surface area contributed by atoms with Gasteiger partial charge in [-0.2, -0.15) is 12.6 Å². The number of carbonyl (C=O) groups is 4. The quantitative estimate of drug-likeness (QED) is 0.0961. The van der Waals surface area contributed by atoms with Gasteiger partial charge in [0, 0.05) is 31.0 Å². The van der Waals surface area contributed by atoms with Gasteiger partial charge in [-0.15, -0.1) is 11.8 Å². The zero-order chi connectivity index (χ0) is 39.6. The highest BCUT2D eigenvalue weighted by Crippen LogP contribution is 2.42. The Morgan fingerprint density at radius 2 is 1.47 bits per heavy atom. The Labute approximate surface area is 330 Å². The molecule has 4 aliphatic heterocycles. The summed E-state index contributed by atoms with van der Waals surface area (Å²) in [4.78, 5) is 57.8. The monoisotopic (exact) mass is 796 g/mol. The summed E-state index contributed by atoms with van der Waals surface area (Å²) in [6.07, 6.45) is 0.581. The molecule has 55 heavy (non-hydrogen) atoms. The highest BCUT2D eigenvalue weighted by atomic mass is 32.2. The number of nitrogens with one attached hydrogen (secondary N) is 1. The first kappa shape index (κ1) is 40.1. The first-order valence-corrected chi connectivity index (χ1v) is 19.6. The lowest BCUT2D eigenvalue weighted by molar-refractivity contribution is -0.119. The van der Waals surface area contributed by atoms with Crippen molar-refractivity contribution in [1.82, 2.24) is 9.80 Å². The van der Waals surface area contributed by atoms with Gasteiger partial charge in [-0.25, -0.2) is 9.69 Å². The largest absolute Gasteiger partial charge is 0.493 e. The number of carbonyl (C=O) groups excluding carboxylic acids is 4. The Hall–Kier alpha value is -4.54. The number of methoxy groups -OCH3 is 2. The number of rotatable bonds is 14. The molecule has 2 aromatic carbocycles. The first-order chi connectivity index (χ1) is 26.2. The number of ether oxygens (including phenoxy) is 5. The van der Waals surface area contributed by atoms with E-state index in [-0.39, 0.29) is 52.8 Å². The second-order valence-corrected chi connectivity index (χ2v) is 17.5. The predicted octanol–water partition coefficient (Wildman–Crippen LogP) is 5.50. The van der Waals surface area contributed by atoms with E-state index in [0.29, 0.717) is 85.3 Å². The number of anilines is 2. The molecule has 2 saturated heterocycles. The summed E-state index contributed by atoms with van der Waals surface area (Å²) in [7, 11) is 2.96. The second kappa shape index (κ2) is 16.7. The van der Waals surface area contributed by atoms with E-state index in [2.05, 4.69) is 31.1 Å². The minimum atomic E-state index is -1.39. The molecular weight excluding hydrogens is 749 g/mol. The molecule has 14 nitrogen and oxygen atoms in total. The lowest BCUT2D eigenvalue weighted by atomic mass is 10.1. The lowest BCUT2D eigenvalue weighted by Gasteiger charge is -2.31. The molecule has 1 unspecified atom stereocenters. The minimum Gasteiger partial charge on any atom is -0.493 e. The number of fused-ring (bicyclic) bond motifs is 4. The highest BCUT2D eigenvalue weighted by molar-refractivity contribution is 8.11. The lowest BCUT2D eigenvalue weighted by Crippen LogP contribution is -2.51. The summed E-state index contributed by atoms with van der Waals surface area (Å²) in [5.74, 6) is 0.972. The number of aliphatic hydroxyl groups is 1. The molecule has 0 aromatic heterocycles. The van der Waals surface area contributed by atoms with Crippen LogP contribution in [0.4, 0.5) is 16.2 Å². The van der Waals surface area contributed by atoms with E-state index in [1.807, 2.05) is 13.8 Å². The molecule has 3 atom stereocenters. The molecule has 2 N–H and O–H groups in total. The second-order valence-electron chi connectivity index (χ2n) is 14.4. The Balaban J connectivity index is 1.09. The molecule has 0 aliphatic carbocycles. The molecule has 0 bridgehead atoms. The topological polar surface area (TPSA) is 156 Å². The summed E-state index contributed by atoms with van der Waals surface area (Å²) < 4.78 is 28.6. The molecule has 2 aromatic rings. The van der Waals surface area contributed by atoms with Crippen LogP contribution in [-0.2, 0) is 9.53 Å². The number of amides is 4. The van der Waals surface area contributed by atoms with Crippen molar-refractivity contribution in [2.24, 2.45) is 0 Å². The van der Waals surface area contributed by atoms with Crippen LogP contribution < -0.4 is 29.2 Å². The van der Waals surface area contributed by atoms with E-state index in [0.717, 1.165) is 16.0 Å². The van der Waals surface area contributed by atoms with Crippen LogP contribution in [0.15, 0.2) is 48.6 Å². The predicted molar refractivity (Wildman–Crippen MR) is 212 cm³/mol. The molecule has 4 aliphatic rings. The van der Waals surface area contributed by atoms with Crippen LogP contribution in [0.5, 0.6) is 23.0 Å². The number of aliphatic hydroxyl groups excluding tert-OH is 1. The van der Waals surface area contributed by atoms with E-state index < -0.39 is 24.4 Å². The highest BCUT2D eigenvalue weighted by Gasteiger charge is 2.46. The van der Waals surface area contributed by atoms with Gasteiger partial charge in [-0.05, 0) is 58.1 Å². The molecule has 0 spiro atoms. The molecule has 296 valence electrons. The van der Waals surface area contributed by atoms with Crippen molar-refractivity contribution in [2.45, 2.75) is 68.3 Å². The maximum absolute atomic E-state index is 13.8. The van der Waals surface area contributed by atoms with Crippen LogP contribution in [0.1, 0.15) is 66.7 Å². The van der Waals surface area contributed by atoms with E-state index in [9.17, 15) is 24.3 Å². The van der Waals surface area contributed by atoms with Gasteiger partial charge in [0.15, 0.2) is 29.2 Å². The van der Waals surface area contributed by atoms with Gasteiger partial charge in [0.1, 0.15) is 12.6 Å². The van der Waals surface area contributed by atoms with Gasteiger partial charge in [-0.1, -0.05) is 24.3 Å². The van der Waals surface area contributed by atoms with Crippen molar-refractivity contribution < 1.29 is 48.0 Å². The van der Waals surface area contributed by atoms with Crippen LogP contribution in [0.2, 0.25) is 0 Å². The fourth-order valence-electron chi connectivity index (χ4n) is 7.15. The van der Waals surface area contributed by atoms with Crippen LogP contribution in [-0.4, -0.2) is 114 Å². The van der Waals surface area contributed by atoms with E-state index >= 15 is 0 Å².